The molecule has 3 aliphatic heterocycles. The zero-order valence-corrected chi connectivity index (χ0v) is 21.1. The van der Waals surface area contributed by atoms with E-state index in [-0.39, 0.29) is 18.4 Å². The van der Waals surface area contributed by atoms with Gasteiger partial charge in [-0.3, -0.25) is 9.28 Å². The first-order valence-electron chi connectivity index (χ1n) is 12.8. The highest BCUT2D eigenvalue weighted by Crippen LogP contribution is 2.37. The van der Waals surface area contributed by atoms with Crippen LogP contribution in [0.2, 0.25) is 0 Å². The molecule has 2 saturated heterocycles. The van der Waals surface area contributed by atoms with Gasteiger partial charge in [-0.2, -0.15) is 0 Å². The summed E-state index contributed by atoms with van der Waals surface area (Å²) in [5.74, 6) is 1.26. The summed E-state index contributed by atoms with van der Waals surface area (Å²) in [5, 5.41) is 7.47. The molecular weight excluding hydrogens is 474 g/mol. The van der Waals surface area contributed by atoms with Gasteiger partial charge in [0.15, 0.2) is 16.6 Å². The summed E-state index contributed by atoms with van der Waals surface area (Å²) in [6, 6.07) is 14.6. The molecule has 0 spiro atoms. The highest BCUT2D eigenvalue weighted by atomic mass is 32.1. The van der Waals surface area contributed by atoms with Crippen LogP contribution in [0.5, 0.6) is 11.5 Å². The van der Waals surface area contributed by atoms with Gasteiger partial charge in [-0.1, -0.05) is 11.3 Å². The Balaban J connectivity index is 1.20. The van der Waals surface area contributed by atoms with Crippen LogP contribution in [0, 0.1) is 0 Å². The lowest BCUT2D eigenvalue weighted by atomic mass is 9.95. The zero-order valence-electron chi connectivity index (χ0n) is 20.3. The Labute approximate surface area is 215 Å². The quantitative estimate of drug-likeness (QED) is 0.330. The van der Waals surface area contributed by atoms with Gasteiger partial charge in [0.25, 0.3) is 0 Å². The van der Waals surface area contributed by atoms with E-state index in [0.29, 0.717) is 33.1 Å². The lowest BCUT2D eigenvalue weighted by Crippen LogP contribution is -2.62. The fourth-order valence-corrected chi connectivity index (χ4v) is 6.76. The largest absolute Gasteiger partial charge is 0.454 e. The fourth-order valence-electron chi connectivity index (χ4n) is 5.89. The molecule has 0 saturated carbocycles. The number of nitrogen functional groups attached to an aromatic ring is 1. The van der Waals surface area contributed by atoms with Gasteiger partial charge in [-0.25, -0.2) is 4.98 Å². The summed E-state index contributed by atoms with van der Waals surface area (Å²) < 4.78 is 11.9. The summed E-state index contributed by atoms with van der Waals surface area (Å²) in [6.45, 7) is 4.85. The Kier molecular flexibility index (Phi) is 6.29. The minimum atomic E-state index is -0.176. The maximum absolute atomic E-state index is 13.1. The van der Waals surface area contributed by atoms with Crippen LogP contribution in [0.15, 0.2) is 42.5 Å². The van der Waals surface area contributed by atoms with Crippen LogP contribution in [0.1, 0.15) is 47.3 Å². The number of fused-ring (bicyclic) bond motifs is 1. The molecule has 0 atom stereocenters. The Bertz CT molecular complexity index is 1250. The molecule has 0 radical (unpaired) electrons. The number of carbonyl (C=O) groups is 1. The maximum Gasteiger partial charge on any atom is 0.231 e. The topological polar surface area (TPSA) is 98.5 Å². The SMILES string of the molecule is Nc1nc(Nc2ccc([N+]3(C4CCNCC4)CCCCC3)cc2)sc1C(=O)c1ccc2c(c1)OCO2. The van der Waals surface area contributed by atoms with E-state index < -0.39 is 0 Å². The second-order valence-electron chi connectivity index (χ2n) is 9.83. The highest BCUT2D eigenvalue weighted by Gasteiger charge is 2.40. The van der Waals surface area contributed by atoms with E-state index in [2.05, 4.69) is 39.9 Å². The third-order valence-corrected chi connectivity index (χ3v) is 8.73. The number of nitrogens with two attached hydrogens (primary N) is 1. The fraction of sp³-hybridized carbons (Fsp3) is 0.407. The Morgan fingerprint density at radius 3 is 2.56 bits per heavy atom. The molecule has 6 rings (SSSR count). The molecule has 0 amide bonds. The number of anilines is 3. The number of likely N-dealkylation sites (tertiary alicyclic amines) is 1. The van der Waals surface area contributed by atoms with Gasteiger partial charge in [0.1, 0.15) is 16.4 Å². The van der Waals surface area contributed by atoms with Gasteiger partial charge in [-0.15, -0.1) is 0 Å². The average molecular weight is 507 g/mol. The molecule has 4 N–H and O–H groups in total. The molecule has 36 heavy (non-hydrogen) atoms. The van der Waals surface area contributed by atoms with Gasteiger partial charge in [0.05, 0.1) is 19.1 Å². The van der Waals surface area contributed by atoms with Crippen molar-refractivity contribution in [2.75, 3.05) is 44.0 Å². The molecule has 8 nitrogen and oxygen atoms in total. The number of nitrogens with one attached hydrogen (secondary N) is 2. The van der Waals surface area contributed by atoms with Crippen molar-refractivity contribution >= 4 is 39.4 Å². The second-order valence-corrected chi connectivity index (χ2v) is 10.8. The molecule has 0 unspecified atom stereocenters. The predicted molar refractivity (Wildman–Crippen MR) is 144 cm³/mol. The number of rotatable bonds is 6. The van der Waals surface area contributed by atoms with E-state index in [1.807, 2.05) is 0 Å². The van der Waals surface area contributed by atoms with Crippen molar-refractivity contribution in [2.45, 2.75) is 38.1 Å². The molecule has 2 aromatic carbocycles. The van der Waals surface area contributed by atoms with E-state index in [1.54, 1.807) is 18.2 Å². The first-order chi connectivity index (χ1) is 17.6. The molecule has 3 aliphatic rings. The Morgan fingerprint density at radius 2 is 1.78 bits per heavy atom. The first-order valence-corrected chi connectivity index (χ1v) is 13.6. The number of carbonyl (C=O) groups excluding carboxylic acids is 1. The van der Waals surface area contributed by atoms with Crippen LogP contribution in [-0.2, 0) is 0 Å². The normalized spacial score (nSPS) is 19.2. The summed E-state index contributed by atoms with van der Waals surface area (Å²) in [6.07, 6.45) is 6.39. The molecule has 9 heteroatoms. The standard InChI is InChI=1S/C27H31N5O3S/c28-26-25(24(33)18-4-9-22-23(16-18)35-17-34-22)36-27(31-26)30-19-5-7-20(8-6-19)32(14-2-1-3-15-32)21-10-12-29-13-11-21/h4-9,16,21,29H,1-3,10-15,17H2,(H2-,28,30,31,33)/p+1. The number of hydrogen-bond donors (Lipinski definition) is 3. The lowest BCUT2D eigenvalue weighted by molar-refractivity contribution is 0.104. The van der Waals surface area contributed by atoms with Crippen molar-refractivity contribution < 1.29 is 14.3 Å². The highest BCUT2D eigenvalue weighted by molar-refractivity contribution is 7.18. The van der Waals surface area contributed by atoms with Crippen molar-refractivity contribution in [3.63, 3.8) is 0 Å². The minimum Gasteiger partial charge on any atom is -0.454 e. The van der Waals surface area contributed by atoms with Gasteiger partial charge < -0.3 is 25.8 Å². The van der Waals surface area contributed by atoms with Gasteiger partial charge in [0, 0.05) is 49.3 Å². The number of thiazole rings is 1. The number of nitrogens with zero attached hydrogens (tertiary/aromatic N) is 2. The number of quaternary nitrogens is 1. The van der Waals surface area contributed by atoms with Gasteiger partial charge in [-0.05, 0) is 49.6 Å². The van der Waals surface area contributed by atoms with Gasteiger partial charge in [0.2, 0.25) is 12.6 Å². The van der Waals surface area contributed by atoms with Crippen LogP contribution in [0.3, 0.4) is 0 Å². The number of benzene rings is 2. The van der Waals surface area contributed by atoms with Crippen LogP contribution in [0.25, 0.3) is 0 Å². The van der Waals surface area contributed by atoms with E-state index in [4.69, 9.17) is 15.2 Å². The van der Waals surface area contributed by atoms with Crippen molar-refractivity contribution in [3.8, 4) is 11.5 Å². The van der Waals surface area contributed by atoms with Crippen molar-refractivity contribution in [3.05, 3.63) is 52.9 Å². The number of hydrogen-bond acceptors (Lipinski definition) is 8. The number of ether oxygens (including phenoxy) is 2. The van der Waals surface area contributed by atoms with E-state index in [9.17, 15) is 4.79 Å². The summed E-state index contributed by atoms with van der Waals surface area (Å²) in [7, 11) is 0. The molecule has 0 aliphatic carbocycles. The lowest BCUT2D eigenvalue weighted by Gasteiger charge is -2.48. The smallest absolute Gasteiger partial charge is 0.231 e. The summed E-state index contributed by atoms with van der Waals surface area (Å²) >= 11 is 1.27. The molecule has 2 fully saturated rings. The van der Waals surface area contributed by atoms with E-state index in [1.165, 1.54) is 62.2 Å². The van der Waals surface area contributed by atoms with Crippen molar-refractivity contribution in [1.82, 2.24) is 14.8 Å². The Morgan fingerprint density at radius 1 is 1.03 bits per heavy atom. The van der Waals surface area contributed by atoms with Crippen LogP contribution < -0.4 is 30.3 Å². The molecular formula is C27H32N5O3S+. The van der Waals surface area contributed by atoms with E-state index >= 15 is 0 Å². The molecule has 188 valence electrons. The first kappa shape index (κ1) is 23.3. The number of ketones is 1. The molecule has 3 aromatic rings. The molecule has 1 aromatic heterocycles. The third-order valence-electron chi connectivity index (χ3n) is 7.75. The van der Waals surface area contributed by atoms with Crippen LogP contribution in [0.4, 0.5) is 22.3 Å². The van der Waals surface area contributed by atoms with Crippen LogP contribution in [-0.4, -0.2) is 49.8 Å². The van der Waals surface area contributed by atoms with E-state index in [0.717, 1.165) is 23.3 Å². The number of piperidine rings is 2. The summed E-state index contributed by atoms with van der Waals surface area (Å²) in [4.78, 5) is 17.9. The monoisotopic (exact) mass is 506 g/mol. The summed E-state index contributed by atoms with van der Waals surface area (Å²) in [5.41, 5.74) is 8.99. The number of aromatic nitrogens is 1. The third kappa shape index (κ3) is 4.31. The predicted octanol–water partition coefficient (Wildman–Crippen LogP) is 4.67. The zero-order chi connectivity index (χ0) is 24.5. The average Bonchev–Trinajstić information content (AvgIpc) is 3.55. The van der Waals surface area contributed by atoms with Crippen molar-refractivity contribution in [2.24, 2.45) is 0 Å². The van der Waals surface area contributed by atoms with Crippen LogP contribution >= 0.6 is 11.3 Å². The van der Waals surface area contributed by atoms with Crippen molar-refractivity contribution in [1.29, 1.82) is 0 Å². The molecule has 0 bridgehead atoms. The minimum absolute atomic E-state index is 0.167. The second kappa shape index (κ2) is 9.72. The molecule has 4 heterocycles. The van der Waals surface area contributed by atoms with Gasteiger partial charge >= 0.3 is 0 Å². The Hall–Kier alpha value is -3.14. The maximum atomic E-state index is 13.1.